The molecule has 1 aromatic carbocycles. The normalized spacial score (nSPS) is 10.6. The minimum absolute atomic E-state index is 0.317. The molecule has 1 aromatic heterocycles. The van der Waals surface area contributed by atoms with Crippen molar-refractivity contribution in [2.75, 3.05) is 26.6 Å². The van der Waals surface area contributed by atoms with E-state index in [0.29, 0.717) is 21.4 Å². The van der Waals surface area contributed by atoms with Gasteiger partial charge in [0.25, 0.3) is 0 Å². The Morgan fingerprint density at radius 3 is 2.52 bits per heavy atom. The van der Waals surface area contributed by atoms with E-state index in [2.05, 4.69) is 5.32 Å². The van der Waals surface area contributed by atoms with Crippen LogP contribution in [0.3, 0.4) is 0 Å². The third-order valence-corrected chi connectivity index (χ3v) is 4.52. The van der Waals surface area contributed by atoms with Crippen LogP contribution in [0.25, 0.3) is 6.08 Å². The Morgan fingerprint density at radius 1 is 1.12 bits per heavy atom. The lowest BCUT2D eigenvalue weighted by molar-refractivity contribution is -0.111. The zero-order valence-electron chi connectivity index (χ0n) is 14.4. The quantitative estimate of drug-likeness (QED) is 0.629. The molecule has 1 amide bonds. The van der Waals surface area contributed by atoms with E-state index >= 15 is 0 Å². The summed E-state index contributed by atoms with van der Waals surface area (Å²) in [5.74, 6) is 0.560. The molecule has 7 heteroatoms. The second-order valence-electron chi connectivity index (χ2n) is 5.04. The van der Waals surface area contributed by atoms with Gasteiger partial charge in [-0.1, -0.05) is 0 Å². The van der Waals surface area contributed by atoms with Crippen molar-refractivity contribution < 1.29 is 23.8 Å². The van der Waals surface area contributed by atoms with Gasteiger partial charge in [0.15, 0.2) is 0 Å². The number of hydrogen-bond donors (Lipinski definition) is 1. The molecule has 0 radical (unpaired) electrons. The van der Waals surface area contributed by atoms with Crippen LogP contribution in [-0.4, -0.2) is 33.2 Å². The van der Waals surface area contributed by atoms with Gasteiger partial charge in [0.2, 0.25) is 5.91 Å². The lowest BCUT2D eigenvalue weighted by Crippen LogP contribution is -2.06. The maximum absolute atomic E-state index is 12.1. The molecule has 0 saturated heterocycles. The molecule has 0 aliphatic rings. The van der Waals surface area contributed by atoms with E-state index in [-0.39, 0.29) is 5.91 Å². The second kappa shape index (κ2) is 8.34. The Labute approximate surface area is 150 Å². The Morgan fingerprint density at radius 2 is 1.88 bits per heavy atom. The molecule has 0 atom stereocenters. The van der Waals surface area contributed by atoms with Crippen LogP contribution in [0.4, 0.5) is 5.00 Å². The lowest BCUT2D eigenvalue weighted by atomic mass is 10.1. The largest absolute Gasteiger partial charge is 0.497 e. The van der Waals surface area contributed by atoms with Crippen molar-refractivity contribution in [2.45, 2.75) is 6.92 Å². The highest BCUT2D eigenvalue weighted by atomic mass is 32.1. The summed E-state index contributed by atoms with van der Waals surface area (Å²) in [6, 6.07) is 7.04. The monoisotopic (exact) mass is 361 g/mol. The molecule has 1 heterocycles. The zero-order valence-corrected chi connectivity index (χ0v) is 15.2. The standard InChI is InChI=1S/C18H19NO5S/c1-11-9-16(25-17(11)18(21)24-4)19-15(20)8-5-12-10-13(22-2)6-7-14(12)23-3/h5-10H,1-4H3,(H,19,20)/b8-5+. The molecule has 132 valence electrons. The summed E-state index contributed by atoms with van der Waals surface area (Å²) in [5, 5.41) is 3.31. The number of thiophene rings is 1. The fourth-order valence-corrected chi connectivity index (χ4v) is 3.13. The number of esters is 1. The minimum Gasteiger partial charge on any atom is -0.497 e. The highest BCUT2D eigenvalue weighted by molar-refractivity contribution is 7.18. The summed E-state index contributed by atoms with van der Waals surface area (Å²) in [6.07, 6.45) is 3.03. The molecule has 0 aliphatic heterocycles. The van der Waals surface area contributed by atoms with E-state index in [1.807, 2.05) is 0 Å². The first-order valence-corrected chi connectivity index (χ1v) is 8.20. The van der Waals surface area contributed by atoms with Gasteiger partial charge < -0.3 is 19.5 Å². The molecular formula is C18H19NO5S. The van der Waals surface area contributed by atoms with Crippen molar-refractivity contribution in [1.82, 2.24) is 0 Å². The van der Waals surface area contributed by atoms with Crippen LogP contribution in [0.1, 0.15) is 20.8 Å². The van der Waals surface area contributed by atoms with E-state index < -0.39 is 5.97 Å². The predicted octanol–water partition coefficient (Wildman–Crippen LogP) is 3.51. The van der Waals surface area contributed by atoms with Crippen molar-refractivity contribution in [1.29, 1.82) is 0 Å². The van der Waals surface area contributed by atoms with Crippen LogP contribution >= 0.6 is 11.3 Å². The molecular weight excluding hydrogens is 342 g/mol. The van der Waals surface area contributed by atoms with E-state index in [1.54, 1.807) is 51.5 Å². The Hall–Kier alpha value is -2.80. The fourth-order valence-electron chi connectivity index (χ4n) is 2.14. The van der Waals surface area contributed by atoms with Crippen LogP contribution in [0.15, 0.2) is 30.3 Å². The molecule has 0 saturated carbocycles. The van der Waals surface area contributed by atoms with Gasteiger partial charge in [-0.3, -0.25) is 4.79 Å². The Kier molecular flexibility index (Phi) is 6.19. The van der Waals surface area contributed by atoms with Crippen molar-refractivity contribution >= 4 is 34.3 Å². The maximum atomic E-state index is 12.1. The zero-order chi connectivity index (χ0) is 18.4. The van der Waals surface area contributed by atoms with Gasteiger partial charge in [0.05, 0.1) is 26.3 Å². The third-order valence-electron chi connectivity index (χ3n) is 3.39. The predicted molar refractivity (Wildman–Crippen MR) is 97.6 cm³/mol. The average molecular weight is 361 g/mol. The smallest absolute Gasteiger partial charge is 0.348 e. The van der Waals surface area contributed by atoms with E-state index in [9.17, 15) is 9.59 Å². The number of carbonyl (C=O) groups excluding carboxylic acids is 2. The van der Waals surface area contributed by atoms with Crippen molar-refractivity contribution in [3.8, 4) is 11.5 Å². The van der Waals surface area contributed by atoms with Gasteiger partial charge in [-0.2, -0.15) is 0 Å². The lowest BCUT2D eigenvalue weighted by Gasteiger charge is -2.07. The summed E-state index contributed by atoms with van der Waals surface area (Å²) >= 11 is 1.17. The number of methoxy groups -OCH3 is 3. The topological polar surface area (TPSA) is 73.9 Å². The van der Waals surface area contributed by atoms with Crippen molar-refractivity contribution in [2.24, 2.45) is 0 Å². The minimum atomic E-state index is -0.417. The Bertz CT molecular complexity index is 810. The first kappa shape index (κ1) is 18.5. The van der Waals surface area contributed by atoms with Crippen LogP contribution in [0, 0.1) is 6.92 Å². The molecule has 0 fully saturated rings. The number of benzene rings is 1. The van der Waals surface area contributed by atoms with Crippen LogP contribution in [-0.2, 0) is 9.53 Å². The number of carbonyl (C=O) groups is 2. The summed E-state index contributed by atoms with van der Waals surface area (Å²) < 4.78 is 15.1. The highest BCUT2D eigenvalue weighted by Crippen LogP contribution is 2.28. The molecule has 0 bridgehead atoms. The van der Waals surface area contributed by atoms with Crippen LogP contribution < -0.4 is 14.8 Å². The van der Waals surface area contributed by atoms with Crippen molar-refractivity contribution in [3.63, 3.8) is 0 Å². The van der Waals surface area contributed by atoms with Crippen molar-refractivity contribution in [3.05, 3.63) is 46.3 Å². The molecule has 0 spiro atoms. The molecule has 0 aliphatic carbocycles. The number of ether oxygens (including phenoxy) is 3. The number of hydrogen-bond acceptors (Lipinski definition) is 6. The average Bonchev–Trinajstić information content (AvgIpc) is 2.98. The molecule has 6 nitrogen and oxygen atoms in total. The first-order chi connectivity index (χ1) is 12.0. The first-order valence-electron chi connectivity index (χ1n) is 7.38. The number of rotatable bonds is 6. The van der Waals surface area contributed by atoms with E-state index in [4.69, 9.17) is 14.2 Å². The van der Waals surface area contributed by atoms with Gasteiger partial charge >= 0.3 is 5.97 Å². The number of anilines is 1. The third kappa shape index (κ3) is 4.60. The number of amides is 1. The Balaban J connectivity index is 2.12. The molecule has 2 aromatic rings. The van der Waals surface area contributed by atoms with E-state index in [1.165, 1.54) is 24.5 Å². The van der Waals surface area contributed by atoms with Gasteiger partial charge in [0.1, 0.15) is 16.4 Å². The maximum Gasteiger partial charge on any atom is 0.348 e. The fraction of sp³-hybridized carbons (Fsp3) is 0.222. The molecule has 0 unspecified atom stereocenters. The summed E-state index contributed by atoms with van der Waals surface area (Å²) in [4.78, 5) is 24.2. The summed E-state index contributed by atoms with van der Waals surface area (Å²) in [6.45, 7) is 1.79. The number of nitrogens with one attached hydrogen (secondary N) is 1. The van der Waals surface area contributed by atoms with Crippen LogP contribution in [0.2, 0.25) is 0 Å². The summed E-state index contributed by atoms with van der Waals surface area (Å²) in [5.41, 5.74) is 1.47. The SMILES string of the molecule is COC(=O)c1sc(NC(=O)/C=C/c2cc(OC)ccc2OC)cc1C. The summed E-state index contributed by atoms with van der Waals surface area (Å²) in [7, 11) is 4.45. The molecule has 2 rings (SSSR count). The number of aryl methyl sites for hydroxylation is 1. The highest BCUT2D eigenvalue weighted by Gasteiger charge is 2.14. The van der Waals surface area contributed by atoms with Gasteiger partial charge in [-0.25, -0.2) is 4.79 Å². The molecule has 25 heavy (non-hydrogen) atoms. The van der Waals surface area contributed by atoms with Crippen LogP contribution in [0.5, 0.6) is 11.5 Å². The second-order valence-corrected chi connectivity index (χ2v) is 6.10. The van der Waals surface area contributed by atoms with E-state index in [0.717, 1.165) is 11.1 Å². The van der Waals surface area contributed by atoms with Gasteiger partial charge in [-0.05, 0) is 42.8 Å². The van der Waals surface area contributed by atoms with Gasteiger partial charge in [-0.15, -0.1) is 11.3 Å². The van der Waals surface area contributed by atoms with Gasteiger partial charge in [0, 0.05) is 11.6 Å². The molecule has 1 N–H and O–H groups in total.